The summed E-state index contributed by atoms with van der Waals surface area (Å²) in [5, 5.41) is 9.94. The zero-order valence-corrected chi connectivity index (χ0v) is 16.3. The molecule has 2 aliphatic heterocycles. The molecule has 3 aromatic rings. The van der Waals surface area contributed by atoms with E-state index in [4.69, 9.17) is 22.1 Å². The highest BCUT2D eigenvalue weighted by molar-refractivity contribution is 6.31. The Kier molecular flexibility index (Phi) is 3.86. The molecule has 3 N–H and O–H groups in total. The Morgan fingerprint density at radius 2 is 2.07 bits per heavy atom. The van der Waals surface area contributed by atoms with Crippen LogP contribution in [0.25, 0.3) is 22.3 Å². The number of ether oxygens (including phenoxy) is 1. The maximum Gasteiger partial charge on any atom is 0.342 e. The Hall–Kier alpha value is -2.88. The van der Waals surface area contributed by atoms with Gasteiger partial charge in [-0.3, -0.25) is 4.79 Å². The van der Waals surface area contributed by atoms with Gasteiger partial charge in [0.25, 0.3) is 5.56 Å². The summed E-state index contributed by atoms with van der Waals surface area (Å²) < 4.78 is 35.1. The van der Waals surface area contributed by atoms with Crippen LogP contribution in [-0.2, 0) is 34.8 Å². The third kappa shape index (κ3) is 2.28. The largest absolute Gasteiger partial charge is 0.458 e. The number of nitrogens with zero attached hydrogens (tertiary/aromatic N) is 2. The number of carbonyl (C=O) groups excluding carboxylic acids is 1. The number of rotatable bonds is 1. The molecule has 0 radical (unpaired) electrons. The van der Waals surface area contributed by atoms with Crippen LogP contribution >= 0.6 is 11.6 Å². The number of nitrogens with two attached hydrogens (primary N) is 1. The number of pyridine rings is 2. The van der Waals surface area contributed by atoms with Gasteiger partial charge < -0.3 is 20.1 Å². The minimum absolute atomic E-state index is 0.00113. The van der Waals surface area contributed by atoms with Crippen LogP contribution in [0.15, 0.2) is 16.9 Å². The van der Waals surface area contributed by atoms with Gasteiger partial charge in [-0.15, -0.1) is 0 Å². The second-order valence-corrected chi connectivity index (χ2v) is 7.84. The Labute approximate surface area is 172 Å². The van der Waals surface area contributed by atoms with E-state index < -0.39 is 33.8 Å². The number of aromatic nitrogens is 2. The molecule has 0 unspecified atom stereocenters. The van der Waals surface area contributed by atoms with E-state index in [9.17, 15) is 23.5 Å². The maximum absolute atomic E-state index is 14.8. The van der Waals surface area contributed by atoms with Gasteiger partial charge in [0.1, 0.15) is 17.4 Å². The van der Waals surface area contributed by atoms with Crippen molar-refractivity contribution < 1.29 is 23.4 Å². The standard InChI is InChI=1S/C20H14ClF2N3O4/c1-20(29)10-2-13-17-8(5-26(13)18(27)9(10)6-30-19(20)28)7(4-24)14-12(25-17)3-11(22)15(21)16(14)23/h2-3,29H,4-6,24H2,1H3/t20-/m0/s1. The number of carbonyl (C=O) groups is 1. The number of benzene rings is 1. The van der Waals surface area contributed by atoms with Crippen LogP contribution in [0.1, 0.15) is 29.2 Å². The van der Waals surface area contributed by atoms with E-state index in [1.54, 1.807) is 0 Å². The summed E-state index contributed by atoms with van der Waals surface area (Å²) in [6.07, 6.45) is 0. The summed E-state index contributed by atoms with van der Waals surface area (Å²) in [7, 11) is 0. The highest BCUT2D eigenvalue weighted by Gasteiger charge is 2.43. The van der Waals surface area contributed by atoms with E-state index in [1.807, 2.05) is 0 Å². The molecule has 7 nitrogen and oxygen atoms in total. The van der Waals surface area contributed by atoms with Crippen molar-refractivity contribution in [1.29, 1.82) is 0 Å². The first kappa shape index (κ1) is 19.1. The molecule has 2 aromatic heterocycles. The van der Waals surface area contributed by atoms with Gasteiger partial charge in [-0.05, 0) is 18.6 Å². The summed E-state index contributed by atoms with van der Waals surface area (Å²) in [5.41, 5.74) is 5.14. The molecular formula is C20H14ClF2N3O4. The number of esters is 1. The number of cyclic esters (lactones) is 1. The number of halogens is 3. The number of aliphatic hydroxyl groups is 1. The van der Waals surface area contributed by atoms with Gasteiger partial charge in [0.2, 0.25) is 0 Å². The molecule has 0 amide bonds. The molecule has 0 bridgehead atoms. The smallest absolute Gasteiger partial charge is 0.342 e. The molecule has 0 saturated heterocycles. The van der Waals surface area contributed by atoms with Gasteiger partial charge in [-0.25, -0.2) is 18.6 Å². The number of hydrogen-bond donors (Lipinski definition) is 2. The fourth-order valence-electron chi connectivity index (χ4n) is 4.21. The summed E-state index contributed by atoms with van der Waals surface area (Å²) in [6, 6.07) is 2.50. The summed E-state index contributed by atoms with van der Waals surface area (Å²) in [4.78, 5) is 29.5. The molecule has 0 saturated carbocycles. The SMILES string of the molecule is C[C@@]1(O)C(=O)OCc2c1cc1n(c2=O)Cc2c-1nc1cc(F)c(Cl)c(F)c1c2CN. The van der Waals surface area contributed by atoms with Crippen LogP contribution < -0.4 is 11.3 Å². The van der Waals surface area contributed by atoms with Crippen LogP contribution in [-0.4, -0.2) is 20.6 Å². The monoisotopic (exact) mass is 433 g/mol. The third-order valence-electron chi connectivity index (χ3n) is 5.76. The fraction of sp³-hybridized carbons (Fsp3) is 0.250. The topological polar surface area (TPSA) is 107 Å². The zero-order valence-electron chi connectivity index (χ0n) is 15.6. The van der Waals surface area contributed by atoms with E-state index in [0.717, 1.165) is 6.07 Å². The molecular weight excluding hydrogens is 420 g/mol. The average molecular weight is 434 g/mol. The van der Waals surface area contributed by atoms with E-state index in [0.29, 0.717) is 22.5 Å². The molecule has 10 heteroatoms. The maximum atomic E-state index is 14.8. The predicted octanol–water partition coefficient (Wildman–Crippen LogP) is 2.08. The highest BCUT2D eigenvalue weighted by Crippen LogP contribution is 2.40. The molecule has 1 aromatic carbocycles. The van der Waals surface area contributed by atoms with Crippen molar-refractivity contribution in [3.63, 3.8) is 0 Å². The van der Waals surface area contributed by atoms with Crippen molar-refractivity contribution in [1.82, 2.24) is 9.55 Å². The number of hydrogen-bond acceptors (Lipinski definition) is 6. The quantitative estimate of drug-likeness (QED) is 0.351. The summed E-state index contributed by atoms with van der Waals surface area (Å²) >= 11 is 5.73. The summed E-state index contributed by atoms with van der Waals surface area (Å²) in [5.74, 6) is -2.80. The van der Waals surface area contributed by atoms with Gasteiger partial charge in [-0.1, -0.05) is 11.6 Å². The Morgan fingerprint density at radius 3 is 2.77 bits per heavy atom. The Bertz CT molecular complexity index is 1370. The average Bonchev–Trinajstić information content (AvgIpc) is 3.07. The van der Waals surface area contributed by atoms with Gasteiger partial charge >= 0.3 is 5.97 Å². The minimum atomic E-state index is -2.01. The molecule has 154 valence electrons. The van der Waals surface area contributed by atoms with Crippen LogP contribution in [0.4, 0.5) is 8.78 Å². The Morgan fingerprint density at radius 1 is 1.33 bits per heavy atom. The first-order valence-corrected chi connectivity index (χ1v) is 9.40. The van der Waals surface area contributed by atoms with Crippen molar-refractivity contribution >= 4 is 28.5 Å². The van der Waals surface area contributed by atoms with Crippen LogP contribution in [0.2, 0.25) is 5.02 Å². The lowest BCUT2D eigenvalue weighted by molar-refractivity contribution is -0.169. The molecule has 0 aliphatic carbocycles. The molecule has 0 fully saturated rings. The van der Waals surface area contributed by atoms with Crippen molar-refractivity contribution in [3.8, 4) is 11.4 Å². The van der Waals surface area contributed by atoms with Crippen LogP contribution in [0, 0.1) is 11.6 Å². The van der Waals surface area contributed by atoms with Crippen molar-refractivity contribution in [3.05, 3.63) is 61.4 Å². The van der Waals surface area contributed by atoms with Crippen LogP contribution in [0.5, 0.6) is 0 Å². The lowest BCUT2D eigenvalue weighted by Crippen LogP contribution is -2.42. The van der Waals surface area contributed by atoms with Crippen molar-refractivity contribution in [2.24, 2.45) is 5.73 Å². The molecule has 2 aliphatic rings. The van der Waals surface area contributed by atoms with E-state index in [1.165, 1.54) is 17.6 Å². The van der Waals surface area contributed by atoms with Crippen molar-refractivity contribution in [2.45, 2.75) is 32.2 Å². The normalized spacial score (nSPS) is 19.5. The molecule has 4 heterocycles. The van der Waals surface area contributed by atoms with Gasteiger partial charge in [0, 0.05) is 29.1 Å². The number of fused-ring (bicyclic) bond motifs is 5. The van der Waals surface area contributed by atoms with Gasteiger partial charge in [-0.2, -0.15) is 0 Å². The first-order valence-electron chi connectivity index (χ1n) is 9.03. The highest BCUT2D eigenvalue weighted by atomic mass is 35.5. The second kappa shape index (κ2) is 6.07. The molecule has 0 spiro atoms. The fourth-order valence-corrected chi connectivity index (χ4v) is 4.36. The van der Waals surface area contributed by atoms with Gasteiger partial charge in [0.05, 0.1) is 29.0 Å². The van der Waals surface area contributed by atoms with Crippen LogP contribution in [0.3, 0.4) is 0 Å². The lowest BCUT2D eigenvalue weighted by Gasteiger charge is -2.29. The van der Waals surface area contributed by atoms with E-state index in [2.05, 4.69) is 4.98 Å². The molecule has 5 rings (SSSR count). The zero-order chi connectivity index (χ0) is 21.5. The third-order valence-corrected chi connectivity index (χ3v) is 6.10. The second-order valence-electron chi connectivity index (χ2n) is 7.46. The Balaban J connectivity index is 1.87. The lowest BCUT2D eigenvalue weighted by atomic mass is 9.89. The summed E-state index contributed by atoms with van der Waals surface area (Å²) in [6.45, 7) is 0.929. The van der Waals surface area contributed by atoms with E-state index >= 15 is 0 Å². The molecule has 30 heavy (non-hydrogen) atoms. The predicted molar refractivity (Wildman–Crippen MR) is 103 cm³/mol. The molecule has 1 atom stereocenters. The van der Waals surface area contributed by atoms with Gasteiger partial charge in [0.15, 0.2) is 11.4 Å². The minimum Gasteiger partial charge on any atom is -0.458 e. The first-order chi connectivity index (χ1) is 14.2. The van der Waals surface area contributed by atoms with Crippen molar-refractivity contribution in [2.75, 3.05) is 0 Å². The van der Waals surface area contributed by atoms with E-state index in [-0.39, 0.29) is 41.7 Å².